The molecule has 1 amide bonds. The van der Waals surface area contributed by atoms with Crippen LogP contribution in [0.25, 0.3) is 0 Å². The Morgan fingerprint density at radius 2 is 2.06 bits per heavy atom. The van der Waals surface area contributed by atoms with Crippen molar-refractivity contribution < 1.29 is 9.21 Å². The molecule has 1 N–H and O–H groups in total. The second-order valence-corrected chi connectivity index (χ2v) is 3.56. The van der Waals surface area contributed by atoms with Crippen molar-refractivity contribution in [3.8, 4) is 0 Å². The first-order valence-corrected chi connectivity index (χ1v) is 4.96. The van der Waals surface area contributed by atoms with Gasteiger partial charge in [0.25, 0.3) is 5.91 Å². The van der Waals surface area contributed by atoms with E-state index in [-0.39, 0.29) is 11.9 Å². The monoisotopic (exact) mass is 216 g/mol. The van der Waals surface area contributed by atoms with Crippen LogP contribution < -0.4 is 5.32 Å². The van der Waals surface area contributed by atoms with Gasteiger partial charge < -0.3 is 4.42 Å². The Balaban J connectivity index is 2.18. The molecule has 0 radical (unpaired) electrons. The number of rotatable bonds is 2. The highest BCUT2D eigenvalue weighted by Gasteiger charge is 2.10. The molecule has 16 heavy (non-hydrogen) atoms. The summed E-state index contributed by atoms with van der Waals surface area (Å²) in [5.41, 5.74) is 2.28. The molecule has 0 atom stereocenters. The zero-order chi connectivity index (χ0) is 11.5. The van der Waals surface area contributed by atoms with E-state index in [9.17, 15) is 4.79 Å². The average Bonchev–Trinajstić information content (AvgIpc) is 2.64. The quantitative estimate of drug-likeness (QED) is 0.839. The van der Waals surface area contributed by atoms with Crippen molar-refractivity contribution in [3.05, 3.63) is 47.3 Å². The van der Waals surface area contributed by atoms with Gasteiger partial charge in [-0.1, -0.05) is 18.2 Å². The summed E-state index contributed by atoms with van der Waals surface area (Å²) in [6, 6.07) is 7.59. The van der Waals surface area contributed by atoms with Crippen LogP contribution in [0.4, 0.5) is 6.01 Å². The van der Waals surface area contributed by atoms with Gasteiger partial charge in [-0.05, 0) is 25.5 Å². The molecule has 0 unspecified atom stereocenters. The average molecular weight is 216 g/mol. The third-order valence-corrected chi connectivity index (χ3v) is 2.23. The summed E-state index contributed by atoms with van der Waals surface area (Å²) >= 11 is 0. The minimum absolute atomic E-state index is 0.208. The Bertz CT molecular complexity index is 517. The molecule has 82 valence electrons. The van der Waals surface area contributed by atoms with E-state index in [0.717, 1.165) is 11.3 Å². The van der Waals surface area contributed by atoms with E-state index in [2.05, 4.69) is 10.3 Å². The molecule has 4 nitrogen and oxygen atoms in total. The van der Waals surface area contributed by atoms with Crippen molar-refractivity contribution in [2.75, 3.05) is 5.32 Å². The summed E-state index contributed by atoms with van der Waals surface area (Å²) in [6.45, 7) is 3.68. The van der Waals surface area contributed by atoms with Crippen molar-refractivity contribution >= 4 is 11.9 Å². The van der Waals surface area contributed by atoms with Crippen molar-refractivity contribution in [2.24, 2.45) is 0 Å². The molecule has 0 spiro atoms. The summed E-state index contributed by atoms with van der Waals surface area (Å²) in [5, 5.41) is 2.60. The zero-order valence-corrected chi connectivity index (χ0v) is 9.15. The number of aromatic nitrogens is 1. The summed E-state index contributed by atoms with van der Waals surface area (Å²) in [7, 11) is 0. The molecule has 4 heteroatoms. The van der Waals surface area contributed by atoms with Gasteiger partial charge in [0.2, 0.25) is 0 Å². The third kappa shape index (κ3) is 2.11. The number of nitrogens with zero attached hydrogens (tertiary/aromatic N) is 1. The summed E-state index contributed by atoms with van der Waals surface area (Å²) in [5.74, 6) is -0.208. The molecule has 0 aliphatic heterocycles. The van der Waals surface area contributed by atoms with E-state index in [1.807, 2.05) is 25.1 Å². The van der Waals surface area contributed by atoms with Crippen molar-refractivity contribution in [3.63, 3.8) is 0 Å². The van der Waals surface area contributed by atoms with Crippen LogP contribution in [0.15, 0.2) is 34.9 Å². The Hall–Kier alpha value is -2.10. The number of hydrogen-bond donors (Lipinski definition) is 1. The molecule has 2 rings (SSSR count). The molecule has 0 fully saturated rings. The normalized spacial score (nSPS) is 10.1. The van der Waals surface area contributed by atoms with Crippen molar-refractivity contribution in [1.82, 2.24) is 4.98 Å². The second kappa shape index (κ2) is 4.18. The largest absolute Gasteiger partial charge is 0.432 e. The van der Waals surface area contributed by atoms with Gasteiger partial charge in [-0.15, -0.1) is 0 Å². The lowest BCUT2D eigenvalue weighted by molar-refractivity contribution is 0.102. The van der Waals surface area contributed by atoms with Crippen LogP contribution in [0.2, 0.25) is 0 Å². The molecule has 0 aliphatic rings. The first-order valence-electron chi connectivity index (χ1n) is 4.96. The highest BCUT2D eigenvalue weighted by atomic mass is 16.4. The fourth-order valence-electron chi connectivity index (χ4n) is 1.40. The highest BCUT2D eigenvalue weighted by Crippen LogP contribution is 2.11. The molecule has 0 saturated heterocycles. The second-order valence-electron chi connectivity index (χ2n) is 3.56. The van der Waals surface area contributed by atoms with Crippen LogP contribution in [0.5, 0.6) is 0 Å². The molecule has 0 bridgehead atoms. The van der Waals surface area contributed by atoms with Crippen molar-refractivity contribution in [1.29, 1.82) is 0 Å². The summed E-state index contributed by atoms with van der Waals surface area (Å²) in [4.78, 5) is 15.8. The number of carbonyl (C=O) groups excluding carboxylic acids is 1. The van der Waals surface area contributed by atoms with E-state index >= 15 is 0 Å². The SMILES string of the molecule is Cc1coc(NC(=O)c2ccccc2C)n1. The van der Waals surface area contributed by atoms with Crippen LogP contribution in [-0.4, -0.2) is 10.9 Å². The van der Waals surface area contributed by atoms with Gasteiger partial charge in [0.1, 0.15) is 6.26 Å². The Morgan fingerprint density at radius 1 is 1.31 bits per heavy atom. The summed E-state index contributed by atoms with van der Waals surface area (Å²) < 4.78 is 5.05. The number of benzene rings is 1. The smallest absolute Gasteiger partial charge is 0.301 e. The fraction of sp³-hybridized carbons (Fsp3) is 0.167. The maximum atomic E-state index is 11.8. The van der Waals surface area contributed by atoms with E-state index < -0.39 is 0 Å². The lowest BCUT2D eigenvalue weighted by Crippen LogP contribution is -2.13. The zero-order valence-electron chi connectivity index (χ0n) is 9.15. The minimum atomic E-state index is -0.208. The van der Waals surface area contributed by atoms with Gasteiger partial charge in [0.15, 0.2) is 0 Å². The number of aryl methyl sites for hydroxylation is 2. The standard InChI is InChI=1S/C12H12N2O2/c1-8-5-3-4-6-10(8)11(15)14-12-13-9(2)7-16-12/h3-7H,1-2H3,(H,13,14,15). The van der Waals surface area contributed by atoms with Crippen LogP contribution >= 0.6 is 0 Å². The number of hydrogen-bond acceptors (Lipinski definition) is 3. The molecular formula is C12H12N2O2. The maximum absolute atomic E-state index is 11.8. The number of anilines is 1. The van der Waals surface area contributed by atoms with E-state index in [1.54, 1.807) is 13.0 Å². The van der Waals surface area contributed by atoms with Gasteiger partial charge in [0.05, 0.1) is 5.69 Å². The number of amides is 1. The topological polar surface area (TPSA) is 55.1 Å². The van der Waals surface area contributed by atoms with Crippen LogP contribution in [-0.2, 0) is 0 Å². The van der Waals surface area contributed by atoms with Gasteiger partial charge in [-0.25, -0.2) is 0 Å². The first-order chi connectivity index (χ1) is 7.66. The molecule has 2 aromatic rings. The number of oxazole rings is 1. The van der Waals surface area contributed by atoms with Gasteiger partial charge in [-0.2, -0.15) is 4.98 Å². The maximum Gasteiger partial charge on any atom is 0.301 e. The molecule has 0 aliphatic carbocycles. The van der Waals surface area contributed by atoms with E-state index in [0.29, 0.717) is 5.56 Å². The lowest BCUT2D eigenvalue weighted by Gasteiger charge is -2.03. The van der Waals surface area contributed by atoms with Crippen LogP contribution in [0.3, 0.4) is 0 Å². The van der Waals surface area contributed by atoms with E-state index in [4.69, 9.17) is 4.42 Å². The highest BCUT2D eigenvalue weighted by molar-refractivity contribution is 6.04. The van der Waals surface area contributed by atoms with E-state index in [1.165, 1.54) is 6.26 Å². The molecule has 0 saturated carbocycles. The Morgan fingerprint density at radius 3 is 2.69 bits per heavy atom. The Kier molecular flexibility index (Phi) is 2.72. The molecule has 1 heterocycles. The molecule has 1 aromatic heterocycles. The fourth-order valence-corrected chi connectivity index (χ4v) is 1.40. The third-order valence-electron chi connectivity index (χ3n) is 2.23. The van der Waals surface area contributed by atoms with Gasteiger partial charge in [0, 0.05) is 5.56 Å². The minimum Gasteiger partial charge on any atom is -0.432 e. The molecule has 1 aromatic carbocycles. The molecular weight excluding hydrogens is 204 g/mol. The number of nitrogens with one attached hydrogen (secondary N) is 1. The van der Waals surface area contributed by atoms with Gasteiger partial charge in [-0.3, -0.25) is 10.1 Å². The van der Waals surface area contributed by atoms with Crippen molar-refractivity contribution in [2.45, 2.75) is 13.8 Å². The predicted molar refractivity (Wildman–Crippen MR) is 60.4 cm³/mol. The van der Waals surface area contributed by atoms with Gasteiger partial charge >= 0.3 is 6.01 Å². The first kappa shape index (κ1) is 10.4. The number of carbonyl (C=O) groups is 1. The van der Waals surface area contributed by atoms with Crippen LogP contribution in [0, 0.1) is 13.8 Å². The Labute approximate surface area is 93.3 Å². The predicted octanol–water partition coefficient (Wildman–Crippen LogP) is 2.54. The van der Waals surface area contributed by atoms with Crippen LogP contribution in [0.1, 0.15) is 21.6 Å². The lowest BCUT2D eigenvalue weighted by atomic mass is 10.1. The summed E-state index contributed by atoms with van der Waals surface area (Å²) in [6.07, 6.45) is 1.49.